The van der Waals surface area contributed by atoms with Gasteiger partial charge in [-0.1, -0.05) is 76.2 Å². The van der Waals surface area contributed by atoms with Gasteiger partial charge in [-0.25, -0.2) is 9.97 Å². The van der Waals surface area contributed by atoms with Gasteiger partial charge >= 0.3 is 0 Å². The number of benzene rings is 2. The van der Waals surface area contributed by atoms with Crippen molar-refractivity contribution in [2.75, 3.05) is 0 Å². The minimum absolute atomic E-state index is 0.298. The molecule has 0 radical (unpaired) electrons. The largest absolute Gasteiger partial charge is 0.298 e. The van der Waals surface area contributed by atoms with Gasteiger partial charge in [0.2, 0.25) is 0 Å². The summed E-state index contributed by atoms with van der Waals surface area (Å²) in [5, 5.41) is 1.25. The van der Waals surface area contributed by atoms with Gasteiger partial charge in [-0.3, -0.25) is 4.57 Å². The molecular weight excluding hydrogens is 386 g/mol. The van der Waals surface area contributed by atoms with Gasteiger partial charge in [0.25, 0.3) is 0 Å². The second-order valence-electron chi connectivity index (χ2n) is 8.33. The number of imidazole rings is 1. The molecule has 3 aromatic heterocycles. The van der Waals surface area contributed by atoms with Crippen molar-refractivity contribution in [1.29, 1.82) is 0 Å². The summed E-state index contributed by atoms with van der Waals surface area (Å²) in [5.41, 5.74) is 5.93. The molecule has 0 saturated carbocycles. The topological polar surface area (TPSA) is 30.7 Å². The summed E-state index contributed by atoms with van der Waals surface area (Å²) in [6, 6.07) is 19.0. The minimum atomic E-state index is 0.298. The monoisotopic (exact) mass is 411 g/mol. The smallest absolute Gasteiger partial charge is 0.144 e. The number of aromatic nitrogens is 3. The summed E-state index contributed by atoms with van der Waals surface area (Å²) in [6.07, 6.45) is 3.97. The first-order valence-electron chi connectivity index (χ1n) is 10.5. The van der Waals surface area contributed by atoms with E-state index in [2.05, 4.69) is 87.0 Å². The molecule has 5 rings (SSSR count). The van der Waals surface area contributed by atoms with Crippen LogP contribution in [0.3, 0.4) is 0 Å². The Morgan fingerprint density at radius 1 is 0.867 bits per heavy atom. The maximum Gasteiger partial charge on any atom is 0.144 e. The SMILES string of the molecule is CC(C)c1nc2c(sc3ccccc32)c(C(C)C)c1-n1ccnc1-c1ccccc1. The lowest BCUT2D eigenvalue weighted by Crippen LogP contribution is -2.10. The molecule has 0 spiro atoms. The van der Waals surface area contributed by atoms with E-state index in [0.29, 0.717) is 11.8 Å². The van der Waals surface area contributed by atoms with Crippen LogP contribution in [-0.2, 0) is 0 Å². The molecule has 0 saturated heterocycles. The van der Waals surface area contributed by atoms with Crippen LogP contribution in [0.1, 0.15) is 50.8 Å². The lowest BCUT2D eigenvalue weighted by Gasteiger charge is -2.22. The summed E-state index contributed by atoms with van der Waals surface area (Å²) in [5.74, 6) is 1.62. The van der Waals surface area contributed by atoms with Crippen LogP contribution in [0.15, 0.2) is 67.0 Å². The average Bonchev–Trinajstić information content (AvgIpc) is 3.37. The van der Waals surface area contributed by atoms with Crippen molar-refractivity contribution in [2.24, 2.45) is 0 Å². The van der Waals surface area contributed by atoms with Crippen LogP contribution in [0.5, 0.6) is 0 Å². The molecule has 0 fully saturated rings. The molecular formula is C26H25N3S. The lowest BCUT2D eigenvalue weighted by molar-refractivity contribution is 0.788. The molecule has 0 N–H and O–H groups in total. The van der Waals surface area contributed by atoms with Gasteiger partial charge in [0.15, 0.2) is 0 Å². The van der Waals surface area contributed by atoms with Gasteiger partial charge in [0, 0.05) is 33.6 Å². The molecule has 4 heteroatoms. The number of hydrogen-bond donors (Lipinski definition) is 0. The maximum atomic E-state index is 5.26. The Morgan fingerprint density at radius 3 is 2.33 bits per heavy atom. The van der Waals surface area contributed by atoms with Crippen LogP contribution in [0.4, 0.5) is 0 Å². The highest BCUT2D eigenvalue weighted by Gasteiger charge is 2.25. The fraction of sp³-hybridized carbons (Fsp3) is 0.231. The van der Waals surface area contributed by atoms with Gasteiger partial charge in [0.05, 0.1) is 21.6 Å². The molecule has 2 aromatic carbocycles. The Kier molecular flexibility index (Phi) is 4.67. The second kappa shape index (κ2) is 7.37. The summed E-state index contributed by atoms with van der Waals surface area (Å²) in [7, 11) is 0. The zero-order valence-electron chi connectivity index (χ0n) is 17.8. The minimum Gasteiger partial charge on any atom is -0.298 e. The van der Waals surface area contributed by atoms with Gasteiger partial charge in [-0.05, 0) is 17.9 Å². The van der Waals surface area contributed by atoms with E-state index in [9.17, 15) is 0 Å². The second-order valence-corrected chi connectivity index (χ2v) is 9.38. The van der Waals surface area contributed by atoms with E-state index in [-0.39, 0.29) is 0 Å². The first-order chi connectivity index (χ1) is 14.6. The highest BCUT2D eigenvalue weighted by molar-refractivity contribution is 7.26. The van der Waals surface area contributed by atoms with Crippen molar-refractivity contribution in [3.8, 4) is 17.1 Å². The van der Waals surface area contributed by atoms with Gasteiger partial charge in [0.1, 0.15) is 5.82 Å². The van der Waals surface area contributed by atoms with E-state index < -0.39 is 0 Å². The molecule has 0 bridgehead atoms. The van der Waals surface area contributed by atoms with Crippen LogP contribution in [0, 0.1) is 0 Å². The van der Waals surface area contributed by atoms with Gasteiger partial charge in [-0.15, -0.1) is 11.3 Å². The van der Waals surface area contributed by atoms with Crippen molar-refractivity contribution in [2.45, 2.75) is 39.5 Å². The molecule has 0 aliphatic heterocycles. The summed E-state index contributed by atoms with van der Waals surface area (Å²) in [6.45, 7) is 9.03. The quantitative estimate of drug-likeness (QED) is 0.306. The van der Waals surface area contributed by atoms with Crippen molar-refractivity contribution in [1.82, 2.24) is 14.5 Å². The van der Waals surface area contributed by atoms with Crippen LogP contribution < -0.4 is 0 Å². The fourth-order valence-corrected chi connectivity index (χ4v) is 5.56. The van der Waals surface area contributed by atoms with Crippen molar-refractivity contribution in [3.05, 3.63) is 78.2 Å². The molecule has 0 aliphatic rings. The Balaban J connectivity index is 1.91. The van der Waals surface area contributed by atoms with Crippen molar-refractivity contribution >= 4 is 31.6 Å². The van der Waals surface area contributed by atoms with E-state index in [0.717, 1.165) is 22.6 Å². The van der Waals surface area contributed by atoms with E-state index in [1.807, 2.05) is 23.6 Å². The maximum absolute atomic E-state index is 5.26. The molecule has 3 heterocycles. The normalized spacial score (nSPS) is 11.9. The third-order valence-corrected chi connectivity index (χ3v) is 6.78. The highest BCUT2D eigenvalue weighted by atomic mass is 32.1. The van der Waals surface area contributed by atoms with Crippen molar-refractivity contribution < 1.29 is 0 Å². The summed E-state index contributed by atoms with van der Waals surface area (Å²) < 4.78 is 4.83. The van der Waals surface area contributed by atoms with E-state index in [4.69, 9.17) is 9.97 Å². The molecule has 0 atom stereocenters. The number of hydrogen-bond acceptors (Lipinski definition) is 3. The Bertz CT molecular complexity index is 1340. The third-order valence-electron chi connectivity index (χ3n) is 5.58. The zero-order chi connectivity index (χ0) is 20.8. The Hall–Kier alpha value is -2.98. The summed E-state index contributed by atoms with van der Waals surface area (Å²) in [4.78, 5) is 9.98. The van der Waals surface area contributed by atoms with Crippen molar-refractivity contribution in [3.63, 3.8) is 0 Å². The Labute approximate surface area is 181 Å². The first-order valence-corrected chi connectivity index (χ1v) is 11.3. The van der Waals surface area contributed by atoms with E-state index in [1.165, 1.54) is 26.0 Å². The van der Waals surface area contributed by atoms with Gasteiger partial charge in [-0.2, -0.15) is 0 Å². The van der Waals surface area contributed by atoms with Crippen LogP contribution in [0.25, 0.3) is 37.4 Å². The average molecular weight is 412 g/mol. The number of pyridine rings is 1. The zero-order valence-corrected chi connectivity index (χ0v) is 18.6. The number of nitrogens with zero attached hydrogens (tertiary/aromatic N) is 3. The molecule has 30 heavy (non-hydrogen) atoms. The molecule has 0 aliphatic carbocycles. The fourth-order valence-electron chi connectivity index (χ4n) is 4.22. The van der Waals surface area contributed by atoms with Crippen LogP contribution in [-0.4, -0.2) is 14.5 Å². The molecule has 150 valence electrons. The first kappa shape index (κ1) is 19.0. The third kappa shape index (κ3) is 2.94. The standard InChI is InChI=1S/C26H25N3S/c1-16(2)21-24(29-15-14-27-26(29)18-10-6-5-7-11-18)22(17(3)4)28-23-19-12-8-9-13-20(19)30-25(21)23/h5-17H,1-4H3. The van der Waals surface area contributed by atoms with Gasteiger partial charge < -0.3 is 0 Å². The predicted molar refractivity (Wildman–Crippen MR) is 128 cm³/mol. The van der Waals surface area contributed by atoms with E-state index >= 15 is 0 Å². The molecule has 0 amide bonds. The molecule has 5 aromatic rings. The molecule has 3 nitrogen and oxygen atoms in total. The summed E-state index contributed by atoms with van der Waals surface area (Å²) >= 11 is 1.85. The lowest BCUT2D eigenvalue weighted by atomic mass is 9.95. The highest BCUT2D eigenvalue weighted by Crippen LogP contribution is 2.43. The number of thiophene rings is 1. The van der Waals surface area contributed by atoms with E-state index in [1.54, 1.807) is 0 Å². The van der Waals surface area contributed by atoms with Crippen LogP contribution >= 0.6 is 11.3 Å². The predicted octanol–water partition coefficient (Wildman–Crippen LogP) is 7.55. The number of fused-ring (bicyclic) bond motifs is 3. The van der Waals surface area contributed by atoms with Crippen LogP contribution in [0.2, 0.25) is 0 Å². The molecule has 0 unspecified atom stereocenters. The number of rotatable bonds is 4. The Morgan fingerprint density at radius 2 is 1.60 bits per heavy atom.